The predicted molar refractivity (Wildman–Crippen MR) is 103 cm³/mol. The third kappa shape index (κ3) is 3.08. The largest absolute Gasteiger partial charge is 0.294 e. The van der Waals surface area contributed by atoms with Crippen LogP contribution in [0.5, 0.6) is 0 Å². The lowest BCUT2D eigenvalue weighted by molar-refractivity contribution is -0.119. The maximum Gasteiger partial charge on any atom is 0.232 e. The third-order valence-electron chi connectivity index (χ3n) is 5.41. The minimum Gasteiger partial charge on any atom is -0.294 e. The number of Topliss-reactive ketones (excluding diaryl/α,β-unsaturated/α-hetero) is 1. The van der Waals surface area contributed by atoms with E-state index in [0.29, 0.717) is 41.1 Å². The molecule has 0 spiro atoms. The zero-order chi connectivity index (χ0) is 19.1. The number of carbonyl (C=O) groups is 2. The molecule has 1 aliphatic carbocycles. The van der Waals surface area contributed by atoms with Crippen LogP contribution in [0, 0.1) is 12.7 Å². The van der Waals surface area contributed by atoms with E-state index in [2.05, 4.69) is 0 Å². The Kier molecular flexibility index (Phi) is 4.60. The van der Waals surface area contributed by atoms with Crippen LogP contribution in [-0.4, -0.2) is 11.7 Å². The first-order chi connectivity index (χ1) is 13.0. The van der Waals surface area contributed by atoms with Gasteiger partial charge in [-0.15, -0.1) is 0 Å². The number of hydrogen-bond donors (Lipinski definition) is 0. The number of carbonyl (C=O) groups excluding carboxylic acids is 2. The average molecular weight is 384 g/mol. The lowest BCUT2D eigenvalue weighted by Gasteiger charge is -2.39. The third-order valence-corrected chi connectivity index (χ3v) is 5.82. The van der Waals surface area contributed by atoms with E-state index in [1.54, 1.807) is 23.1 Å². The van der Waals surface area contributed by atoms with E-state index < -0.39 is 5.92 Å². The molecule has 1 heterocycles. The summed E-state index contributed by atoms with van der Waals surface area (Å²) in [6.45, 7) is 1.87. The molecule has 1 unspecified atom stereocenters. The fraction of sp³-hybridized carbons (Fsp3) is 0.273. The van der Waals surface area contributed by atoms with Crippen molar-refractivity contribution in [3.8, 4) is 0 Å². The van der Waals surface area contributed by atoms with E-state index in [1.807, 2.05) is 19.1 Å². The summed E-state index contributed by atoms with van der Waals surface area (Å²) in [5.74, 6) is -0.809. The molecule has 0 saturated heterocycles. The summed E-state index contributed by atoms with van der Waals surface area (Å²) in [6, 6.07) is 11.6. The zero-order valence-corrected chi connectivity index (χ0v) is 15.7. The summed E-state index contributed by atoms with van der Waals surface area (Å²) in [6.07, 6.45) is 1.95. The highest BCUT2D eigenvalue weighted by atomic mass is 35.5. The molecule has 138 valence electrons. The van der Waals surface area contributed by atoms with Crippen LogP contribution in [0.2, 0.25) is 5.02 Å². The Morgan fingerprint density at radius 2 is 1.89 bits per heavy atom. The molecular formula is C22H19ClFNO2. The predicted octanol–water partition coefficient (Wildman–Crippen LogP) is 5.32. The van der Waals surface area contributed by atoms with Crippen molar-refractivity contribution in [3.05, 3.63) is 75.7 Å². The topological polar surface area (TPSA) is 37.4 Å². The zero-order valence-electron chi connectivity index (χ0n) is 15.0. The van der Waals surface area contributed by atoms with Gasteiger partial charge in [0.1, 0.15) is 5.82 Å². The maximum atomic E-state index is 13.8. The molecule has 0 N–H and O–H groups in total. The highest BCUT2D eigenvalue weighted by molar-refractivity contribution is 6.31. The standard InChI is InChI=1S/C22H19ClFNO2/c1-13-17(23)7-3-8-18(13)25-19-9-4-10-20(26)22(19)16(12-21(25)27)14-5-2-6-15(24)11-14/h2-3,5-8,11,16H,4,9-10,12H2,1H3. The molecule has 0 aromatic heterocycles. The minimum atomic E-state index is -0.397. The Bertz CT molecular complexity index is 982. The summed E-state index contributed by atoms with van der Waals surface area (Å²) in [4.78, 5) is 27.6. The quantitative estimate of drug-likeness (QED) is 0.704. The molecular weight excluding hydrogens is 365 g/mol. The SMILES string of the molecule is Cc1c(Cl)cccc1N1C(=O)CC(c2cccc(F)c2)C2=C1CCCC2=O. The Balaban J connectivity index is 1.90. The first-order valence-electron chi connectivity index (χ1n) is 9.07. The Morgan fingerprint density at radius 1 is 1.11 bits per heavy atom. The monoisotopic (exact) mass is 383 g/mol. The van der Waals surface area contributed by atoms with Gasteiger partial charge in [0, 0.05) is 35.1 Å². The van der Waals surface area contributed by atoms with Gasteiger partial charge in [-0.3, -0.25) is 14.5 Å². The molecule has 2 aromatic rings. The molecule has 27 heavy (non-hydrogen) atoms. The first kappa shape index (κ1) is 17.9. The fourth-order valence-electron chi connectivity index (χ4n) is 4.12. The normalized spacial score (nSPS) is 20.1. The molecule has 3 nitrogen and oxygen atoms in total. The number of halogens is 2. The van der Waals surface area contributed by atoms with E-state index in [1.165, 1.54) is 12.1 Å². The fourth-order valence-corrected chi connectivity index (χ4v) is 4.29. The molecule has 1 aliphatic heterocycles. The minimum absolute atomic E-state index is 0.0442. The van der Waals surface area contributed by atoms with Gasteiger partial charge in [-0.05, 0) is 55.2 Å². The summed E-state index contributed by atoms with van der Waals surface area (Å²) < 4.78 is 13.8. The van der Waals surface area contributed by atoms with Crippen LogP contribution in [0.25, 0.3) is 0 Å². The number of nitrogens with zero attached hydrogens (tertiary/aromatic N) is 1. The summed E-state index contributed by atoms with van der Waals surface area (Å²) in [5.41, 5.74) is 3.58. The van der Waals surface area contributed by atoms with E-state index in [4.69, 9.17) is 11.6 Å². The second kappa shape index (κ2) is 6.93. The smallest absolute Gasteiger partial charge is 0.232 e. The van der Waals surface area contributed by atoms with Crippen LogP contribution < -0.4 is 4.90 Å². The van der Waals surface area contributed by atoms with Gasteiger partial charge in [-0.1, -0.05) is 29.8 Å². The molecule has 0 bridgehead atoms. The number of hydrogen-bond acceptors (Lipinski definition) is 2. The molecule has 0 saturated carbocycles. The van der Waals surface area contributed by atoms with E-state index in [0.717, 1.165) is 11.3 Å². The van der Waals surface area contributed by atoms with E-state index in [9.17, 15) is 14.0 Å². The van der Waals surface area contributed by atoms with Gasteiger partial charge >= 0.3 is 0 Å². The van der Waals surface area contributed by atoms with Crippen molar-refractivity contribution in [2.45, 2.75) is 38.5 Å². The van der Waals surface area contributed by atoms with E-state index in [-0.39, 0.29) is 23.9 Å². The van der Waals surface area contributed by atoms with Gasteiger partial charge in [0.05, 0.1) is 5.69 Å². The molecule has 2 aliphatic rings. The van der Waals surface area contributed by atoms with Gasteiger partial charge < -0.3 is 0 Å². The van der Waals surface area contributed by atoms with Crippen molar-refractivity contribution in [2.24, 2.45) is 0 Å². The van der Waals surface area contributed by atoms with Crippen LogP contribution in [0.1, 0.15) is 42.7 Å². The van der Waals surface area contributed by atoms with Crippen molar-refractivity contribution in [1.29, 1.82) is 0 Å². The molecule has 1 amide bonds. The maximum absolute atomic E-state index is 13.8. The number of amides is 1. The molecule has 0 radical (unpaired) electrons. The Morgan fingerprint density at radius 3 is 2.67 bits per heavy atom. The number of benzene rings is 2. The number of allylic oxidation sites excluding steroid dienone is 2. The van der Waals surface area contributed by atoms with Gasteiger partial charge in [0.25, 0.3) is 0 Å². The second-order valence-corrected chi connectivity index (χ2v) is 7.47. The summed E-state index contributed by atoms with van der Waals surface area (Å²) in [5, 5.41) is 0.580. The van der Waals surface area contributed by atoms with Gasteiger partial charge in [-0.2, -0.15) is 0 Å². The van der Waals surface area contributed by atoms with Crippen molar-refractivity contribution >= 4 is 29.0 Å². The van der Waals surface area contributed by atoms with Crippen molar-refractivity contribution in [1.82, 2.24) is 0 Å². The Labute approximate surface area is 162 Å². The van der Waals surface area contributed by atoms with Crippen molar-refractivity contribution in [2.75, 3.05) is 4.90 Å². The number of ketones is 1. The highest BCUT2D eigenvalue weighted by Crippen LogP contribution is 2.44. The van der Waals surface area contributed by atoms with Crippen LogP contribution in [0.15, 0.2) is 53.7 Å². The van der Waals surface area contributed by atoms with Gasteiger partial charge in [0.2, 0.25) is 5.91 Å². The van der Waals surface area contributed by atoms with E-state index >= 15 is 0 Å². The second-order valence-electron chi connectivity index (χ2n) is 7.06. The lowest BCUT2D eigenvalue weighted by atomic mass is 9.77. The van der Waals surface area contributed by atoms with Crippen LogP contribution in [0.3, 0.4) is 0 Å². The molecule has 4 rings (SSSR count). The molecule has 2 aromatic carbocycles. The average Bonchev–Trinajstić information content (AvgIpc) is 2.64. The number of rotatable bonds is 2. The van der Waals surface area contributed by atoms with Crippen LogP contribution in [-0.2, 0) is 9.59 Å². The van der Waals surface area contributed by atoms with Gasteiger partial charge in [0.15, 0.2) is 5.78 Å². The van der Waals surface area contributed by atoms with Crippen LogP contribution in [0.4, 0.5) is 10.1 Å². The highest BCUT2D eigenvalue weighted by Gasteiger charge is 2.40. The number of anilines is 1. The van der Waals surface area contributed by atoms with Crippen molar-refractivity contribution < 1.29 is 14.0 Å². The molecule has 5 heteroatoms. The van der Waals surface area contributed by atoms with Crippen molar-refractivity contribution in [3.63, 3.8) is 0 Å². The lowest BCUT2D eigenvalue weighted by Crippen LogP contribution is -2.40. The summed E-state index contributed by atoms with van der Waals surface area (Å²) >= 11 is 6.26. The first-order valence-corrected chi connectivity index (χ1v) is 9.45. The van der Waals surface area contributed by atoms with Crippen LogP contribution >= 0.6 is 11.6 Å². The molecule has 1 atom stereocenters. The van der Waals surface area contributed by atoms with Gasteiger partial charge in [-0.25, -0.2) is 4.39 Å². The molecule has 0 fully saturated rings. The summed E-state index contributed by atoms with van der Waals surface area (Å²) in [7, 11) is 0. The Hall–Kier alpha value is -2.46.